The van der Waals surface area contributed by atoms with E-state index >= 15 is 0 Å². The molecule has 0 unspecified atom stereocenters. The molecule has 0 aliphatic carbocycles. The van der Waals surface area contributed by atoms with Crippen LogP contribution in [-0.4, -0.2) is 43.7 Å². The molecule has 0 bridgehead atoms. The molecule has 0 aliphatic rings. The predicted molar refractivity (Wildman–Crippen MR) is 99.2 cm³/mol. The van der Waals surface area contributed by atoms with Crippen LogP contribution in [0.15, 0.2) is 48.5 Å². The fourth-order valence-electron chi connectivity index (χ4n) is 2.17. The summed E-state index contributed by atoms with van der Waals surface area (Å²) in [6.45, 7) is 0.782. The zero-order valence-corrected chi connectivity index (χ0v) is 15.5. The van der Waals surface area contributed by atoms with Crippen LogP contribution in [-0.2, 0) is 6.42 Å². The maximum Gasteiger partial charge on any atom is 0.414 e. The molecule has 0 radical (unpaired) electrons. The number of carbonyl (C=O) groups excluding carboxylic acids is 1. The van der Waals surface area contributed by atoms with Crippen LogP contribution in [0.3, 0.4) is 0 Å². The van der Waals surface area contributed by atoms with Crippen LogP contribution in [0, 0.1) is 0 Å². The summed E-state index contributed by atoms with van der Waals surface area (Å²) in [4.78, 5) is 18.6. The number of ether oxygens (including phenoxy) is 1. The summed E-state index contributed by atoms with van der Waals surface area (Å²) >= 11 is 5.94. The van der Waals surface area contributed by atoms with E-state index in [2.05, 4.69) is 0 Å². The van der Waals surface area contributed by atoms with Crippen molar-refractivity contribution in [1.82, 2.24) is 9.96 Å². The van der Waals surface area contributed by atoms with Gasteiger partial charge in [-0.3, -0.25) is 0 Å². The molecule has 0 N–H and O–H groups in total. The van der Waals surface area contributed by atoms with Gasteiger partial charge in [-0.2, -0.15) is 0 Å². The van der Waals surface area contributed by atoms with E-state index in [1.807, 2.05) is 49.5 Å². The molecule has 5 nitrogen and oxygen atoms in total. The number of halogens is 1. The lowest BCUT2D eigenvalue weighted by molar-refractivity contribution is -0.0322. The Bertz CT molecular complexity index is 689. The lowest BCUT2D eigenvalue weighted by Gasteiger charge is -2.17. The number of amides is 1. The third-order valence-corrected chi connectivity index (χ3v) is 3.72. The molecule has 0 fully saturated rings. The first-order valence-electron chi connectivity index (χ1n) is 8.07. The molecule has 2 aromatic rings. The quantitative estimate of drug-likeness (QED) is 0.690. The molecule has 1 amide bonds. The van der Waals surface area contributed by atoms with Gasteiger partial charge in [-0.15, -0.1) is 5.06 Å². The van der Waals surface area contributed by atoms with Gasteiger partial charge in [0.1, 0.15) is 11.5 Å². The van der Waals surface area contributed by atoms with E-state index in [9.17, 15) is 4.79 Å². The number of hydrogen-bond acceptors (Lipinski definition) is 4. The number of aryl methyl sites for hydroxylation is 1. The van der Waals surface area contributed by atoms with Crippen LogP contribution >= 0.6 is 11.6 Å². The molecule has 134 valence electrons. The predicted octanol–water partition coefficient (Wildman–Crippen LogP) is 4.26. The van der Waals surface area contributed by atoms with E-state index in [0.29, 0.717) is 10.8 Å². The maximum atomic E-state index is 11.5. The maximum absolute atomic E-state index is 11.5. The highest BCUT2D eigenvalue weighted by Crippen LogP contribution is 2.18. The van der Waals surface area contributed by atoms with E-state index < -0.39 is 0 Å². The Kier molecular flexibility index (Phi) is 7.10. The molecule has 6 heteroatoms. The van der Waals surface area contributed by atoms with Crippen molar-refractivity contribution in [3.8, 4) is 11.5 Å². The SMILES string of the molecule is CN(CCCc1ccc(OC(=O)N(C)C)cc1)Oc1cccc(Cl)c1. The second-order valence-corrected chi connectivity index (χ2v) is 6.35. The number of rotatable bonds is 7. The second kappa shape index (κ2) is 9.30. The van der Waals surface area contributed by atoms with Gasteiger partial charge in [-0.05, 0) is 42.7 Å². The molecule has 0 atom stereocenters. The zero-order valence-electron chi connectivity index (χ0n) is 14.7. The largest absolute Gasteiger partial charge is 0.414 e. The summed E-state index contributed by atoms with van der Waals surface area (Å²) < 4.78 is 5.20. The molecule has 2 aromatic carbocycles. The third kappa shape index (κ3) is 6.64. The van der Waals surface area contributed by atoms with Crippen molar-refractivity contribution in [1.29, 1.82) is 0 Å². The first-order valence-corrected chi connectivity index (χ1v) is 8.44. The molecule has 0 heterocycles. The highest BCUT2D eigenvalue weighted by Gasteiger charge is 2.07. The van der Waals surface area contributed by atoms with Gasteiger partial charge in [0.2, 0.25) is 0 Å². The van der Waals surface area contributed by atoms with Gasteiger partial charge in [0.25, 0.3) is 0 Å². The van der Waals surface area contributed by atoms with E-state index in [-0.39, 0.29) is 6.09 Å². The fourth-order valence-corrected chi connectivity index (χ4v) is 2.35. The summed E-state index contributed by atoms with van der Waals surface area (Å²) in [5.41, 5.74) is 1.18. The highest BCUT2D eigenvalue weighted by atomic mass is 35.5. The minimum absolute atomic E-state index is 0.382. The van der Waals surface area contributed by atoms with Gasteiger partial charge in [0.15, 0.2) is 0 Å². The average Bonchev–Trinajstić information content (AvgIpc) is 2.56. The molecule has 0 saturated carbocycles. The van der Waals surface area contributed by atoms with Gasteiger partial charge in [0, 0.05) is 38.8 Å². The molecule has 2 rings (SSSR count). The summed E-state index contributed by atoms with van der Waals surface area (Å²) in [7, 11) is 5.20. The van der Waals surface area contributed by atoms with Crippen molar-refractivity contribution >= 4 is 17.7 Å². The molecule has 0 spiro atoms. The van der Waals surface area contributed by atoms with Gasteiger partial charge in [0.05, 0.1) is 0 Å². The van der Waals surface area contributed by atoms with Crippen molar-refractivity contribution in [3.05, 3.63) is 59.1 Å². The summed E-state index contributed by atoms with van der Waals surface area (Å²) in [5, 5.41) is 2.44. The third-order valence-electron chi connectivity index (χ3n) is 3.49. The number of nitrogens with zero attached hydrogens (tertiary/aromatic N) is 2. The average molecular weight is 363 g/mol. The smallest absolute Gasteiger partial charge is 0.410 e. The fraction of sp³-hybridized carbons (Fsp3) is 0.316. The van der Waals surface area contributed by atoms with E-state index in [1.54, 1.807) is 25.2 Å². The molecule has 25 heavy (non-hydrogen) atoms. The molecular formula is C19H23ClN2O3. The van der Waals surface area contributed by atoms with Gasteiger partial charge >= 0.3 is 6.09 Å². The topological polar surface area (TPSA) is 42.0 Å². The second-order valence-electron chi connectivity index (χ2n) is 5.91. The number of benzene rings is 2. The number of carbonyl (C=O) groups is 1. The van der Waals surface area contributed by atoms with E-state index in [1.165, 1.54) is 10.5 Å². The van der Waals surface area contributed by atoms with Gasteiger partial charge < -0.3 is 14.5 Å². The first-order chi connectivity index (χ1) is 11.9. The number of hydroxylamine groups is 2. The lowest BCUT2D eigenvalue weighted by Crippen LogP contribution is -2.25. The molecular weight excluding hydrogens is 340 g/mol. The van der Waals surface area contributed by atoms with Crippen molar-refractivity contribution in [2.75, 3.05) is 27.7 Å². The van der Waals surface area contributed by atoms with Crippen LogP contribution in [0.5, 0.6) is 11.5 Å². The highest BCUT2D eigenvalue weighted by molar-refractivity contribution is 6.30. The van der Waals surface area contributed by atoms with Crippen LogP contribution in [0.1, 0.15) is 12.0 Å². The monoisotopic (exact) mass is 362 g/mol. The van der Waals surface area contributed by atoms with Crippen molar-refractivity contribution in [3.63, 3.8) is 0 Å². The van der Waals surface area contributed by atoms with Crippen LogP contribution in [0.2, 0.25) is 5.02 Å². The first kappa shape index (κ1) is 19.1. The summed E-state index contributed by atoms with van der Waals surface area (Å²) in [6, 6.07) is 14.9. The summed E-state index contributed by atoms with van der Waals surface area (Å²) in [5.74, 6) is 1.27. The van der Waals surface area contributed by atoms with Gasteiger partial charge in [-0.1, -0.05) is 29.8 Å². The van der Waals surface area contributed by atoms with E-state index in [4.69, 9.17) is 21.2 Å². The Morgan fingerprint density at radius 3 is 2.40 bits per heavy atom. The molecule has 0 aromatic heterocycles. The van der Waals surface area contributed by atoms with Crippen LogP contribution in [0.4, 0.5) is 4.79 Å². The zero-order chi connectivity index (χ0) is 18.2. The standard InChI is InChI=1S/C19H23ClN2O3/c1-21(2)19(23)24-17-11-9-15(10-12-17)6-5-13-22(3)25-18-8-4-7-16(20)14-18/h4,7-12,14H,5-6,13H2,1-3H3. The molecule has 0 aliphatic heterocycles. The normalized spacial score (nSPS) is 10.6. The minimum atomic E-state index is -0.382. The Balaban J connectivity index is 1.74. The lowest BCUT2D eigenvalue weighted by atomic mass is 10.1. The number of hydrogen-bond donors (Lipinski definition) is 0. The Morgan fingerprint density at radius 1 is 1.04 bits per heavy atom. The Labute approximate surface area is 153 Å². The Hall–Kier alpha value is -2.24. The Morgan fingerprint density at radius 2 is 1.76 bits per heavy atom. The van der Waals surface area contributed by atoms with E-state index in [0.717, 1.165) is 25.1 Å². The van der Waals surface area contributed by atoms with Crippen molar-refractivity contribution in [2.24, 2.45) is 0 Å². The van der Waals surface area contributed by atoms with Crippen LogP contribution < -0.4 is 9.57 Å². The summed E-state index contributed by atoms with van der Waals surface area (Å²) in [6.07, 6.45) is 1.46. The van der Waals surface area contributed by atoms with Crippen molar-refractivity contribution in [2.45, 2.75) is 12.8 Å². The van der Waals surface area contributed by atoms with Crippen LogP contribution in [0.25, 0.3) is 0 Å². The van der Waals surface area contributed by atoms with Gasteiger partial charge in [-0.25, -0.2) is 4.79 Å². The molecule has 0 saturated heterocycles. The minimum Gasteiger partial charge on any atom is -0.410 e. The van der Waals surface area contributed by atoms with Crippen molar-refractivity contribution < 1.29 is 14.4 Å².